The molecule has 0 aromatic carbocycles. The van der Waals surface area contributed by atoms with Gasteiger partial charge in [0, 0.05) is 37.4 Å². The Morgan fingerprint density at radius 3 is 2.70 bits per heavy atom. The fraction of sp³-hybridized carbons (Fsp3) is 0.562. The van der Waals surface area contributed by atoms with Crippen molar-refractivity contribution >= 4 is 6.03 Å². The van der Waals surface area contributed by atoms with Crippen molar-refractivity contribution in [1.29, 1.82) is 0 Å². The van der Waals surface area contributed by atoms with E-state index < -0.39 is 0 Å². The summed E-state index contributed by atoms with van der Waals surface area (Å²) >= 11 is 0. The molecular weight excluding hydrogens is 292 g/mol. The van der Waals surface area contributed by atoms with Crippen molar-refractivity contribution in [2.75, 3.05) is 13.6 Å². The minimum Gasteiger partial charge on any atom is -0.335 e. The van der Waals surface area contributed by atoms with Crippen molar-refractivity contribution in [1.82, 2.24) is 30.2 Å². The van der Waals surface area contributed by atoms with E-state index in [9.17, 15) is 4.79 Å². The Balaban J connectivity index is 1.78. The monoisotopic (exact) mass is 318 g/mol. The molecule has 23 heavy (non-hydrogen) atoms. The Kier molecular flexibility index (Phi) is 5.41. The van der Waals surface area contributed by atoms with Crippen LogP contribution in [0.4, 0.5) is 4.79 Å². The van der Waals surface area contributed by atoms with E-state index in [1.165, 1.54) is 0 Å². The molecule has 2 aromatic heterocycles. The Morgan fingerprint density at radius 2 is 2.13 bits per heavy atom. The van der Waals surface area contributed by atoms with Gasteiger partial charge in [-0.2, -0.15) is 10.2 Å². The molecule has 2 aromatic rings. The summed E-state index contributed by atoms with van der Waals surface area (Å²) in [6, 6.07) is 3.98. The summed E-state index contributed by atoms with van der Waals surface area (Å²) in [7, 11) is 1.80. The van der Waals surface area contributed by atoms with Crippen LogP contribution in [0.25, 0.3) is 0 Å². The molecule has 0 aliphatic carbocycles. The second-order valence-corrected chi connectivity index (χ2v) is 6.17. The smallest absolute Gasteiger partial charge is 0.317 e. The van der Waals surface area contributed by atoms with Crippen LogP contribution in [0.5, 0.6) is 0 Å². The summed E-state index contributed by atoms with van der Waals surface area (Å²) in [5.74, 6) is 0. The van der Waals surface area contributed by atoms with Crippen LogP contribution >= 0.6 is 0 Å². The Bertz CT molecular complexity index is 659. The summed E-state index contributed by atoms with van der Waals surface area (Å²) in [5, 5.41) is 14.5. The van der Waals surface area contributed by atoms with Crippen molar-refractivity contribution in [3.05, 3.63) is 34.9 Å². The number of nitrogens with one attached hydrogen (secondary N) is 2. The zero-order valence-corrected chi connectivity index (χ0v) is 14.6. The zero-order valence-electron chi connectivity index (χ0n) is 14.6. The summed E-state index contributed by atoms with van der Waals surface area (Å²) < 4.78 is 1.93. The molecule has 2 N–H and O–H groups in total. The van der Waals surface area contributed by atoms with Crippen molar-refractivity contribution in [2.24, 2.45) is 0 Å². The molecule has 126 valence electrons. The molecule has 2 heterocycles. The Hall–Kier alpha value is -2.31. The Labute approximate surface area is 137 Å². The van der Waals surface area contributed by atoms with Crippen LogP contribution < -0.4 is 5.32 Å². The molecule has 0 saturated heterocycles. The van der Waals surface area contributed by atoms with Gasteiger partial charge in [0.1, 0.15) is 0 Å². The third-order valence-electron chi connectivity index (χ3n) is 3.74. The lowest BCUT2D eigenvalue weighted by atomic mass is 10.2. The summed E-state index contributed by atoms with van der Waals surface area (Å²) in [6.45, 7) is 9.24. The van der Waals surface area contributed by atoms with Crippen LogP contribution in [0.15, 0.2) is 12.1 Å². The van der Waals surface area contributed by atoms with E-state index in [1.807, 2.05) is 44.5 Å². The van der Waals surface area contributed by atoms with E-state index in [1.54, 1.807) is 11.9 Å². The predicted molar refractivity (Wildman–Crippen MR) is 89.4 cm³/mol. The van der Waals surface area contributed by atoms with Gasteiger partial charge in [0.15, 0.2) is 0 Å². The first-order valence-electron chi connectivity index (χ1n) is 7.88. The van der Waals surface area contributed by atoms with Gasteiger partial charge < -0.3 is 10.2 Å². The number of aryl methyl sites for hydroxylation is 3. The van der Waals surface area contributed by atoms with Gasteiger partial charge >= 0.3 is 6.03 Å². The van der Waals surface area contributed by atoms with Gasteiger partial charge in [-0.05, 0) is 39.8 Å². The number of urea groups is 1. The second kappa shape index (κ2) is 7.30. The summed E-state index contributed by atoms with van der Waals surface area (Å²) in [4.78, 5) is 13.9. The number of hydrogen-bond acceptors (Lipinski definition) is 3. The van der Waals surface area contributed by atoms with E-state index >= 15 is 0 Å². The first-order chi connectivity index (χ1) is 10.8. The molecule has 2 rings (SSSR count). The SMILES string of the molecule is Cc1cc(C)n(CCN(C)C(=O)NC(C)Cc2cc(C)[nH]n2)n1. The van der Waals surface area contributed by atoms with Gasteiger partial charge in [-0.15, -0.1) is 0 Å². The number of aromatic amines is 1. The van der Waals surface area contributed by atoms with Crippen LogP contribution in [0, 0.1) is 20.8 Å². The normalized spacial score (nSPS) is 12.2. The minimum absolute atomic E-state index is 0.0290. The van der Waals surface area contributed by atoms with Crippen molar-refractivity contribution in [3.8, 4) is 0 Å². The molecule has 1 unspecified atom stereocenters. The molecule has 7 nitrogen and oxygen atoms in total. The van der Waals surface area contributed by atoms with E-state index in [-0.39, 0.29) is 12.1 Å². The maximum Gasteiger partial charge on any atom is 0.317 e. The number of carbonyl (C=O) groups is 1. The number of carbonyl (C=O) groups excluding carboxylic acids is 1. The van der Waals surface area contributed by atoms with Gasteiger partial charge in [-0.3, -0.25) is 9.78 Å². The van der Waals surface area contributed by atoms with Crippen molar-refractivity contribution in [3.63, 3.8) is 0 Å². The van der Waals surface area contributed by atoms with Gasteiger partial charge in [-0.1, -0.05) is 0 Å². The van der Waals surface area contributed by atoms with Crippen LogP contribution in [-0.4, -0.2) is 50.5 Å². The molecule has 0 aliphatic rings. The standard InChI is InChI=1S/C16H26N6O/c1-11(9-15-10-12(2)18-19-15)17-16(23)21(5)6-7-22-14(4)8-13(3)20-22/h8,10-11H,6-7,9H2,1-5H3,(H,17,23)(H,18,19). The van der Waals surface area contributed by atoms with E-state index in [0.29, 0.717) is 19.5 Å². The lowest BCUT2D eigenvalue weighted by Gasteiger charge is -2.21. The third-order valence-corrected chi connectivity index (χ3v) is 3.74. The topological polar surface area (TPSA) is 78.8 Å². The number of amides is 2. The van der Waals surface area contributed by atoms with Gasteiger partial charge in [0.2, 0.25) is 0 Å². The number of hydrogen-bond donors (Lipinski definition) is 2. The highest BCUT2D eigenvalue weighted by Gasteiger charge is 2.14. The molecule has 7 heteroatoms. The molecule has 0 radical (unpaired) electrons. The van der Waals surface area contributed by atoms with E-state index in [0.717, 1.165) is 22.8 Å². The molecule has 1 atom stereocenters. The average molecular weight is 318 g/mol. The fourth-order valence-electron chi connectivity index (χ4n) is 2.51. The van der Waals surface area contributed by atoms with Gasteiger partial charge in [-0.25, -0.2) is 4.79 Å². The quantitative estimate of drug-likeness (QED) is 0.852. The van der Waals surface area contributed by atoms with E-state index in [4.69, 9.17) is 0 Å². The zero-order chi connectivity index (χ0) is 17.0. The molecule has 0 fully saturated rings. The first kappa shape index (κ1) is 17.1. The molecule has 0 bridgehead atoms. The Morgan fingerprint density at radius 1 is 1.39 bits per heavy atom. The molecule has 0 saturated carbocycles. The number of likely N-dealkylation sites (N-methyl/N-ethyl adjacent to an activating group) is 1. The first-order valence-corrected chi connectivity index (χ1v) is 7.88. The van der Waals surface area contributed by atoms with Crippen LogP contribution in [0.3, 0.4) is 0 Å². The molecule has 0 aliphatic heterocycles. The van der Waals surface area contributed by atoms with Crippen LogP contribution in [0.2, 0.25) is 0 Å². The highest BCUT2D eigenvalue weighted by atomic mass is 16.2. The summed E-state index contributed by atoms with van der Waals surface area (Å²) in [5.41, 5.74) is 4.09. The maximum atomic E-state index is 12.2. The van der Waals surface area contributed by atoms with E-state index in [2.05, 4.69) is 20.6 Å². The van der Waals surface area contributed by atoms with Crippen molar-refractivity contribution < 1.29 is 4.79 Å². The number of H-pyrrole nitrogens is 1. The minimum atomic E-state index is -0.0775. The van der Waals surface area contributed by atoms with Gasteiger partial charge in [0.25, 0.3) is 0 Å². The number of rotatable bonds is 6. The van der Waals surface area contributed by atoms with Crippen LogP contribution in [0.1, 0.15) is 29.7 Å². The fourth-order valence-corrected chi connectivity index (χ4v) is 2.51. The largest absolute Gasteiger partial charge is 0.335 e. The maximum absolute atomic E-state index is 12.2. The van der Waals surface area contributed by atoms with Gasteiger partial charge in [0.05, 0.1) is 17.9 Å². The lowest BCUT2D eigenvalue weighted by Crippen LogP contribution is -2.43. The van der Waals surface area contributed by atoms with Crippen LogP contribution in [-0.2, 0) is 13.0 Å². The summed E-state index contributed by atoms with van der Waals surface area (Å²) in [6.07, 6.45) is 0.710. The number of aromatic nitrogens is 4. The molecular formula is C16H26N6O. The van der Waals surface area contributed by atoms with Crippen molar-refractivity contribution in [2.45, 2.75) is 46.7 Å². The molecule has 0 spiro atoms. The second-order valence-electron chi connectivity index (χ2n) is 6.17. The highest BCUT2D eigenvalue weighted by molar-refractivity contribution is 5.74. The lowest BCUT2D eigenvalue weighted by molar-refractivity contribution is 0.203. The average Bonchev–Trinajstić information content (AvgIpc) is 3.01. The molecule has 2 amide bonds. The third kappa shape index (κ3) is 4.84. The highest BCUT2D eigenvalue weighted by Crippen LogP contribution is 2.04. The number of nitrogens with zero attached hydrogens (tertiary/aromatic N) is 4. The predicted octanol–water partition coefficient (Wildman–Crippen LogP) is 1.80.